The second kappa shape index (κ2) is 7.06. The van der Waals surface area contributed by atoms with E-state index in [4.69, 9.17) is 5.11 Å². The van der Waals surface area contributed by atoms with E-state index < -0.39 is 0 Å². The van der Waals surface area contributed by atoms with Gasteiger partial charge in [0.25, 0.3) is 0 Å². The summed E-state index contributed by atoms with van der Waals surface area (Å²) in [4.78, 5) is 11.9. The molecule has 4 heteroatoms. The van der Waals surface area contributed by atoms with E-state index in [2.05, 4.69) is 21.2 Å². The van der Waals surface area contributed by atoms with Gasteiger partial charge < -0.3 is 10.4 Å². The molecule has 1 amide bonds. The van der Waals surface area contributed by atoms with Crippen molar-refractivity contribution in [1.82, 2.24) is 5.32 Å². The molecule has 0 aliphatic heterocycles. The van der Waals surface area contributed by atoms with Gasteiger partial charge in [0.1, 0.15) is 0 Å². The van der Waals surface area contributed by atoms with Crippen LogP contribution in [0.3, 0.4) is 0 Å². The Morgan fingerprint density at radius 1 is 1.42 bits per heavy atom. The fourth-order valence-electron chi connectivity index (χ4n) is 1.82. The molecular weight excluding hydrogens is 306 g/mol. The van der Waals surface area contributed by atoms with Gasteiger partial charge in [0, 0.05) is 17.6 Å². The van der Waals surface area contributed by atoms with E-state index in [0.717, 1.165) is 15.6 Å². The highest BCUT2D eigenvalue weighted by atomic mass is 79.9. The van der Waals surface area contributed by atoms with Crippen LogP contribution in [0.1, 0.15) is 31.4 Å². The van der Waals surface area contributed by atoms with E-state index in [1.165, 1.54) is 0 Å². The van der Waals surface area contributed by atoms with Crippen LogP contribution in [-0.4, -0.2) is 24.2 Å². The number of carbonyl (C=O) groups is 1. The zero-order valence-corrected chi connectivity index (χ0v) is 13.4. The van der Waals surface area contributed by atoms with Gasteiger partial charge >= 0.3 is 0 Å². The number of hydrogen-bond donors (Lipinski definition) is 2. The van der Waals surface area contributed by atoms with Crippen LogP contribution in [-0.2, 0) is 11.2 Å². The molecule has 0 aliphatic rings. The number of aliphatic hydroxyl groups is 1. The maximum Gasteiger partial charge on any atom is 0.224 e. The highest BCUT2D eigenvalue weighted by molar-refractivity contribution is 9.10. The number of aryl methyl sites for hydroxylation is 1. The number of carbonyl (C=O) groups excluding carboxylic acids is 1. The van der Waals surface area contributed by atoms with Crippen molar-refractivity contribution >= 4 is 21.8 Å². The second-order valence-electron chi connectivity index (χ2n) is 5.66. The monoisotopic (exact) mass is 327 g/mol. The first kappa shape index (κ1) is 16.2. The van der Waals surface area contributed by atoms with Crippen LogP contribution in [0.15, 0.2) is 22.7 Å². The van der Waals surface area contributed by atoms with E-state index in [1.54, 1.807) is 0 Å². The summed E-state index contributed by atoms with van der Waals surface area (Å²) < 4.78 is 1.03. The van der Waals surface area contributed by atoms with Crippen LogP contribution in [0, 0.1) is 12.3 Å². The maximum atomic E-state index is 11.9. The van der Waals surface area contributed by atoms with Crippen LogP contribution in [0.4, 0.5) is 0 Å². The minimum absolute atomic E-state index is 0.0245. The van der Waals surface area contributed by atoms with Gasteiger partial charge in [-0.25, -0.2) is 0 Å². The molecule has 3 nitrogen and oxygen atoms in total. The first-order chi connectivity index (χ1) is 8.84. The van der Waals surface area contributed by atoms with Gasteiger partial charge in [0.2, 0.25) is 5.91 Å². The van der Waals surface area contributed by atoms with Crippen molar-refractivity contribution < 1.29 is 9.90 Å². The van der Waals surface area contributed by atoms with Gasteiger partial charge in [-0.1, -0.05) is 35.8 Å². The van der Waals surface area contributed by atoms with Gasteiger partial charge in [0.15, 0.2) is 0 Å². The van der Waals surface area contributed by atoms with Crippen LogP contribution >= 0.6 is 15.9 Å². The molecule has 1 rings (SSSR count). The molecule has 19 heavy (non-hydrogen) atoms. The van der Waals surface area contributed by atoms with Crippen molar-refractivity contribution in [3.8, 4) is 0 Å². The molecule has 0 unspecified atom stereocenters. The number of aliphatic hydroxyl groups excluding tert-OH is 1. The third-order valence-electron chi connectivity index (χ3n) is 3.21. The van der Waals surface area contributed by atoms with E-state index in [1.807, 2.05) is 39.0 Å². The SMILES string of the molecule is Cc1cc(Br)ccc1CC(=O)NCC(C)(C)CCO. The summed E-state index contributed by atoms with van der Waals surface area (Å²) in [5.74, 6) is 0.0245. The molecule has 106 valence electrons. The highest BCUT2D eigenvalue weighted by Crippen LogP contribution is 2.19. The lowest BCUT2D eigenvalue weighted by Crippen LogP contribution is -2.35. The van der Waals surface area contributed by atoms with Gasteiger partial charge in [-0.05, 0) is 42.0 Å². The summed E-state index contributed by atoms with van der Waals surface area (Å²) in [7, 11) is 0. The minimum Gasteiger partial charge on any atom is -0.396 e. The van der Waals surface area contributed by atoms with E-state index in [-0.39, 0.29) is 17.9 Å². The number of benzene rings is 1. The predicted molar refractivity (Wildman–Crippen MR) is 81.1 cm³/mol. The Balaban J connectivity index is 2.52. The molecule has 0 saturated carbocycles. The number of amides is 1. The topological polar surface area (TPSA) is 49.3 Å². The third-order valence-corrected chi connectivity index (χ3v) is 3.70. The Hall–Kier alpha value is -0.870. The Labute approximate surface area is 123 Å². The maximum absolute atomic E-state index is 11.9. The van der Waals surface area contributed by atoms with E-state index >= 15 is 0 Å². The van der Waals surface area contributed by atoms with Crippen molar-refractivity contribution in [1.29, 1.82) is 0 Å². The molecule has 0 heterocycles. The average molecular weight is 328 g/mol. The van der Waals surface area contributed by atoms with E-state index in [9.17, 15) is 4.79 Å². The summed E-state index contributed by atoms with van der Waals surface area (Å²) in [6.07, 6.45) is 1.08. The van der Waals surface area contributed by atoms with Crippen LogP contribution in [0.25, 0.3) is 0 Å². The van der Waals surface area contributed by atoms with Gasteiger partial charge in [-0.15, -0.1) is 0 Å². The van der Waals surface area contributed by atoms with Gasteiger partial charge in [-0.2, -0.15) is 0 Å². The quantitative estimate of drug-likeness (QED) is 0.844. The van der Waals surface area contributed by atoms with Gasteiger partial charge in [0.05, 0.1) is 6.42 Å². The Kier molecular flexibility index (Phi) is 6.01. The summed E-state index contributed by atoms with van der Waals surface area (Å²) in [5, 5.41) is 11.9. The molecule has 2 N–H and O–H groups in total. The zero-order chi connectivity index (χ0) is 14.5. The Morgan fingerprint density at radius 2 is 2.11 bits per heavy atom. The molecule has 0 bridgehead atoms. The molecule has 0 atom stereocenters. The number of halogens is 1. The number of hydrogen-bond acceptors (Lipinski definition) is 2. The predicted octanol–water partition coefficient (Wildman–Crippen LogP) is 2.82. The highest BCUT2D eigenvalue weighted by Gasteiger charge is 2.18. The molecule has 0 saturated heterocycles. The standard InChI is InChI=1S/C15H22BrNO2/c1-11-8-13(16)5-4-12(11)9-14(19)17-10-15(2,3)6-7-18/h4-5,8,18H,6-7,9-10H2,1-3H3,(H,17,19). The van der Waals surface area contributed by atoms with Crippen LogP contribution in [0.5, 0.6) is 0 Å². The summed E-state index contributed by atoms with van der Waals surface area (Å²) in [5.41, 5.74) is 2.08. The molecule has 1 aromatic carbocycles. The van der Waals surface area contributed by atoms with Crippen LogP contribution < -0.4 is 5.32 Å². The second-order valence-corrected chi connectivity index (χ2v) is 6.58. The van der Waals surface area contributed by atoms with Crippen molar-refractivity contribution in [3.05, 3.63) is 33.8 Å². The van der Waals surface area contributed by atoms with Crippen molar-refractivity contribution in [3.63, 3.8) is 0 Å². The fourth-order valence-corrected chi connectivity index (χ4v) is 2.30. The largest absolute Gasteiger partial charge is 0.396 e. The zero-order valence-electron chi connectivity index (χ0n) is 11.8. The number of rotatable bonds is 6. The van der Waals surface area contributed by atoms with E-state index in [0.29, 0.717) is 19.4 Å². The normalized spacial score (nSPS) is 11.4. The molecule has 0 aromatic heterocycles. The lowest BCUT2D eigenvalue weighted by Gasteiger charge is -2.23. The van der Waals surface area contributed by atoms with Crippen molar-refractivity contribution in [2.75, 3.05) is 13.2 Å². The fraction of sp³-hybridized carbons (Fsp3) is 0.533. The lowest BCUT2D eigenvalue weighted by molar-refractivity contribution is -0.120. The first-order valence-corrected chi connectivity index (χ1v) is 7.26. The first-order valence-electron chi connectivity index (χ1n) is 6.47. The average Bonchev–Trinajstić information content (AvgIpc) is 2.30. The summed E-state index contributed by atoms with van der Waals surface area (Å²) in [6, 6.07) is 5.93. The summed E-state index contributed by atoms with van der Waals surface area (Å²) in [6.45, 7) is 6.81. The van der Waals surface area contributed by atoms with Gasteiger partial charge in [-0.3, -0.25) is 4.79 Å². The molecule has 0 spiro atoms. The number of nitrogens with one attached hydrogen (secondary N) is 1. The molecule has 1 aromatic rings. The third kappa shape index (κ3) is 5.74. The van der Waals surface area contributed by atoms with Crippen LogP contribution in [0.2, 0.25) is 0 Å². The Bertz CT molecular complexity index is 444. The summed E-state index contributed by atoms with van der Waals surface area (Å²) >= 11 is 3.41. The molecule has 0 aliphatic carbocycles. The molecule has 0 radical (unpaired) electrons. The molecular formula is C15H22BrNO2. The minimum atomic E-state index is -0.0703. The lowest BCUT2D eigenvalue weighted by atomic mass is 9.89. The molecule has 0 fully saturated rings. The van der Waals surface area contributed by atoms with Crippen molar-refractivity contribution in [2.24, 2.45) is 5.41 Å². The van der Waals surface area contributed by atoms with Crippen molar-refractivity contribution in [2.45, 2.75) is 33.6 Å². The smallest absolute Gasteiger partial charge is 0.224 e. The Morgan fingerprint density at radius 3 is 2.68 bits per heavy atom.